The highest BCUT2D eigenvalue weighted by Crippen LogP contribution is 2.30. The lowest BCUT2D eigenvalue weighted by molar-refractivity contribution is 0.515. The number of rotatable bonds is 1. The predicted octanol–water partition coefficient (Wildman–Crippen LogP) is 3.37. The third-order valence-corrected chi connectivity index (χ3v) is 1.75. The molecule has 1 unspecified atom stereocenters. The second kappa shape index (κ2) is 3.34. The van der Waals surface area contributed by atoms with E-state index in [9.17, 15) is 0 Å². The number of allylic oxidation sites excluding steroid dienone is 3. The van der Waals surface area contributed by atoms with E-state index in [1.165, 1.54) is 10.9 Å². The summed E-state index contributed by atoms with van der Waals surface area (Å²) in [5.74, 6) is 0. The quantitative estimate of drug-likeness (QED) is 0.403. The maximum atomic E-state index is 3.78. The first-order chi connectivity index (χ1) is 4.39. The lowest BCUT2D eigenvalue weighted by Crippen LogP contribution is -2.07. The molecular formula is C9H17P. The molecule has 0 N–H and O–H groups in total. The highest BCUT2D eigenvalue weighted by atomic mass is 31.0. The minimum Gasteiger partial charge on any atom is -0.110 e. The van der Waals surface area contributed by atoms with Gasteiger partial charge < -0.3 is 0 Å². The van der Waals surface area contributed by atoms with Crippen LogP contribution in [-0.4, -0.2) is 0 Å². The van der Waals surface area contributed by atoms with Gasteiger partial charge in [0.2, 0.25) is 0 Å². The first-order valence-electron chi connectivity index (χ1n) is 3.49. The highest BCUT2D eigenvalue weighted by molar-refractivity contribution is 7.22. The summed E-state index contributed by atoms with van der Waals surface area (Å²) in [6.45, 7) is 12.4. The van der Waals surface area contributed by atoms with Crippen LogP contribution >= 0.6 is 9.24 Å². The van der Waals surface area contributed by atoms with Gasteiger partial charge in [-0.3, -0.25) is 0 Å². The van der Waals surface area contributed by atoms with Crippen molar-refractivity contribution >= 4 is 9.24 Å². The summed E-state index contributed by atoms with van der Waals surface area (Å²) >= 11 is 0. The van der Waals surface area contributed by atoms with Gasteiger partial charge in [-0.15, -0.1) is 9.24 Å². The molecule has 0 nitrogen and oxygen atoms in total. The fourth-order valence-electron chi connectivity index (χ4n) is 1.06. The van der Waals surface area contributed by atoms with E-state index in [0.29, 0.717) is 0 Å². The SMILES string of the molecule is C=C/C(=C(\C)P)C(C)(C)C. The molecule has 0 aromatic carbocycles. The van der Waals surface area contributed by atoms with Crippen LogP contribution in [-0.2, 0) is 0 Å². The van der Waals surface area contributed by atoms with Gasteiger partial charge in [0.25, 0.3) is 0 Å². The molecule has 0 aliphatic carbocycles. The van der Waals surface area contributed by atoms with Crippen molar-refractivity contribution in [1.82, 2.24) is 0 Å². The van der Waals surface area contributed by atoms with Crippen LogP contribution in [0.15, 0.2) is 23.5 Å². The zero-order valence-electron chi connectivity index (χ0n) is 7.36. The van der Waals surface area contributed by atoms with Crippen LogP contribution < -0.4 is 0 Å². The van der Waals surface area contributed by atoms with Crippen molar-refractivity contribution in [1.29, 1.82) is 0 Å². The molecule has 0 fully saturated rings. The molecule has 0 aliphatic heterocycles. The molecule has 0 radical (unpaired) electrons. The lowest BCUT2D eigenvalue weighted by atomic mass is 9.86. The Morgan fingerprint density at radius 1 is 1.40 bits per heavy atom. The van der Waals surface area contributed by atoms with Crippen molar-refractivity contribution in [2.45, 2.75) is 27.7 Å². The van der Waals surface area contributed by atoms with E-state index >= 15 is 0 Å². The van der Waals surface area contributed by atoms with E-state index in [1.807, 2.05) is 6.08 Å². The number of hydrogen-bond donors (Lipinski definition) is 0. The third kappa shape index (κ3) is 2.66. The van der Waals surface area contributed by atoms with Crippen LogP contribution in [0.5, 0.6) is 0 Å². The zero-order chi connectivity index (χ0) is 8.36. The summed E-state index contributed by atoms with van der Waals surface area (Å²) in [5.41, 5.74) is 1.55. The van der Waals surface area contributed by atoms with Crippen molar-refractivity contribution in [2.75, 3.05) is 0 Å². The Hall–Kier alpha value is -0.0900. The van der Waals surface area contributed by atoms with Crippen LogP contribution in [0.4, 0.5) is 0 Å². The van der Waals surface area contributed by atoms with Crippen LogP contribution in [0, 0.1) is 5.41 Å². The maximum Gasteiger partial charge on any atom is -0.0129 e. The third-order valence-electron chi connectivity index (χ3n) is 1.44. The van der Waals surface area contributed by atoms with E-state index in [-0.39, 0.29) is 5.41 Å². The topological polar surface area (TPSA) is 0 Å². The average Bonchev–Trinajstić information content (AvgIpc) is 1.60. The molecule has 0 amide bonds. The second-order valence-electron chi connectivity index (χ2n) is 3.55. The van der Waals surface area contributed by atoms with Crippen molar-refractivity contribution in [3.05, 3.63) is 23.5 Å². The summed E-state index contributed by atoms with van der Waals surface area (Å²) in [7, 11) is 2.71. The lowest BCUT2D eigenvalue weighted by Gasteiger charge is -2.21. The van der Waals surface area contributed by atoms with Crippen molar-refractivity contribution in [2.24, 2.45) is 5.41 Å². The maximum absolute atomic E-state index is 3.78. The van der Waals surface area contributed by atoms with Gasteiger partial charge in [-0.05, 0) is 17.9 Å². The monoisotopic (exact) mass is 156 g/mol. The Morgan fingerprint density at radius 2 is 1.80 bits per heavy atom. The molecule has 1 heteroatoms. The minimum atomic E-state index is 0.230. The van der Waals surface area contributed by atoms with E-state index in [2.05, 4.69) is 43.5 Å². The van der Waals surface area contributed by atoms with Gasteiger partial charge >= 0.3 is 0 Å². The smallest absolute Gasteiger partial charge is 0.0129 e. The highest BCUT2D eigenvalue weighted by Gasteiger charge is 2.14. The first-order valence-corrected chi connectivity index (χ1v) is 4.06. The Bertz CT molecular complexity index is 154. The van der Waals surface area contributed by atoms with Gasteiger partial charge in [-0.1, -0.05) is 38.7 Å². The molecule has 0 saturated heterocycles. The van der Waals surface area contributed by atoms with Crippen LogP contribution in [0.3, 0.4) is 0 Å². The predicted molar refractivity (Wildman–Crippen MR) is 52.1 cm³/mol. The minimum absolute atomic E-state index is 0.230. The molecule has 0 saturated carbocycles. The number of hydrogen-bond acceptors (Lipinski definition) is 0. The molecule has 0 rings (SSSR count). The summed E-state index contributed by atoms with van der Waals surface area (Å²) in [5, 5.41) is 1.28. The molecule has 0 heterocycles. The van der Waals surface area contributed by atoms with Gasteiger partial charge in [0, 0.05) is 0 Å². The Balaban J connectivity index is 4.71. The molecule has 10 heavy (non-hydrogen) atoms. The van der Waals surface area contributed by atoms with E-state index in [0.717, 1.165) is 0 Å². The fourth-order valence-corrected chi connectivity index (χ4v) is 1.61. The molecule has 0 aromatic heterocycles. The molecule has 0 aliphatic rings. The molecule has 0 aromatic rings. The molecule has 0 bridgehead atoms. The van der Waals surface area contributed by atoms with Crippen LogP contribution in [0.25, 0.3) is 0 Å². The van der Waals surface area contributed by atoms with Gasteiger partial charge in [-0.2, -0.15) is 0 Å². The Morgan fingerprint density at radius 3 is 1.80 bits per heavy atom. The summed E-state index contributed by atoms with van der Waals surface area (Å²) in [6.07, 6.45) is 1.93. The van der Waals surface area contributed by atoms with E-state index in [1.54, 1.807) is 0 Å². The Labute approximate surface area is 66.6 Å². The standard InChI is InChI=1S/C9H17P/c1-6-8(7(2)10)9(3,4)5/h6H,1,10H2,2-5H3/b8-7-. The normalized spacial score (nSPS) is 14.5. The second-order valence-corrected chi connectivity index (χ2v) is 4.42. The molecule has 1 atom stereocenters. The van der Waals surface area contributed by atoms with Crippen molar-refractivity contribution < 1.29 is 0 Å². The molecule has 0 spiro atoms. The van der Waals surface area contributed by atoms with Crippen LogP contribution in [0.2, 0.25) is 0 Å². The first kappa shape index (κ1) is 9.91. The molecule has 58 valence electrons. The van der Waals surface area contributed by atoms with Gasteiger partial charge in [-0.25, -0.2) is 0 Å². The van der Waals surface area contributed by atoms with Crippen molar-refractivity contribution in [3.8, 4) is 0 Å². The summed E-state index contributed by atoms with van der Waals surface area (Å²) in [4.78, 5) is 0. The average molecular weight is 156 g/mol. The Kier molecular flexibility index (Phi) is 3.31. The largest absolute Gasteiger partial charge is 0.110 e. The van der Waals surface area contributed by atoms with Crippen molar-refractivity contribution in [3.63, 3.8) is 0 Å². The summed E-state index contributed by atoms with van der Waals surface area (Å²) < 4.78 is 0. The summed E-state index contributed by atoms with van der Waals surface area (Å²) in [6, 6.07) is 0. The van der Waals surface area contributed by atoms with Gasteiger partial charge in [0.1, 0.15) is 0 Å². The van der Waals surface area contributed by atoms with E-state index < -0.39 is 0 Å². The van der Waals surface area contributed by atoms with Gasteiger partial charge in [0.05, 0.1) is 0 Å². The fraction of sp³-hybridized carbons (Fsp3) is 0.556. The molecular weight excluding hydrogens is 139 g/mol. The van der Waals surface area contributed by atoms with E-state index in [4.69, 9.17) is 0 Å². The zero-order valence-corrected chi connectivity index (χ0v) is 8.52. The van der Waals surface area contributed by atoms with Crippen LogP contribution in [0.1, 0.15) is 27.7 Å². The van der Waals surface area contributed by atoms with Gasteiger partial charge in [0.15, 0.2) is 0 Å².